The monoisotopic (exact) mass is 351 g/mol. The van der Waals surface area contributed by atoms with Crippen LogP contribution in [0, 0.1) is 0 Å². The molecule has 0 atom stereocenters. The molecule has 0 heterocycles. The summed E-state index contributed by atoms with van der Waals surface area (Å²) in [6.07, 6.45) is 19.0. The zero-order chi connectivity index (χ0) is 12.3. The third-order valence-electron chi connectivity index (χ3n) is 4.08. The van der Waals surface area contributed by atoms with Gasteiger partial charge in [0.05, 0.1) is 0 Å². The topological polar surface area (TPSA) is 3.24 Å². The molecule has 0 amide bonds. The van der Waals surface area contributed by atoms with E-state index in [4.69, 9.17) is 0 Å². The Balaban J connectivity index is 2.24. The van der Waals surface area contributed by atoms with Crippen LogP contribution in [-0.4, -0.2) is 16.2 Å². The quantitative estimate of drug-likeness (QED) is 0.431. The van der Waals surface area contributed by atoms with E-state index in [0.717, 1.165) is 6.04 Å². The molecule has 1 fully saturated rings. The molecule has 0 aromatic rings. The molecule has 1 aliphatic rings. The Morgan fingerprint density at radius 1 is 0.647 bits per heavy atom. The smallest absolute Gasteiger partial charge is 0.0201 e. The zero-order valence-electron chi connectivity index (χ0n) is 11.6. The zero-order valence-corrected chi connectivity index (χ0v) is 13.8. The molecule has 2 heteroatoms. The van der Waals surface area contributed by atoms with Crippen LogP contribution in [0.3, 0.4) is 0 Å². The summed E-state index contributed by atoms with van der Waals surface area (Å²) in [6, 6.07) is 0.832. The van der Waals surface area contributed by atoms with E-state index >= 15 is 0 Å². The summed E-state index contributed by atoms with van der Waals surface area (Å²) < 4.78 is 2.42. The summed E-state index contributed by atoms with van der Waals surface area (Å²) in [4.78, 5) is 0. The van der Waals surface area contributed by atoms with E-state index in [1.54, 1.807) is 0 Å². The molecule has 1 rings (SSSR count). The normalized spacial score (nSPS) is 23.5. The molecule has 0 aromatic heterocycles. The predicted molar refractivity (Wildman–Crippen MR) is 85.6 cm³/mol. The van der Waals surface area contributed by atoms with Crippen molar-refractivity contribution < 1.29 is 0 Å². The first-order chi connectivity index (χ1) is 8.30. The lowest BCUT2D eigenvalue weighted by molar-refractivity contribution is 0.356. The molecule has 0 radical (unpaired) electrons. The Kier molecular flexibility index (Phi) is 9.82. The van der Waals surface area contributed by atoms with Gasteiger partial charge >= 0.3 is 0 Å². The van der Waals surface area contributed by atoms with Crippen molar-refractivity contribution in [2.24, 2.45) is 0 Å². The van der Waals surface area contributed by atoms with Crippen LogP contribution < -0.4 is 0 Å². The Morgan fingerprint density at radius 2 is 0.941 bits per heavy atom. The highest BCUT2D eigenvalue weighted by atomic mass is 127. The molecule has 1 aliphatic carbocycles. The minimum atomic E-state index is 0.832. The fourth-order valence-corrected chi connectivity index (χ4v) is 3.41. The fourth-order valence-electron chi connectivity index (χ4n) is 2.85. The highest BCUT2D eigenvalue weighted by molar-refractivity contribution is 14.1. The van der Waals surface area contributed by atoms with Gasteiger partial charge in [-0.15, -0.1) is 0 Å². The van der Waals surface area contributed by atoms with Crippen LogP contribution in [0.1, 0.15) is 83.5 Å². The molecular weight excluding hydrogens is 321 g/mol. The van der Waals surface area contributed by atoms with E-state index in [2.05, 4.69) is 33.0 Å². The van der Waals surface area contributed by atoms with Crippen molar-refractivity contribution in [1.82, 2.24) is 3.11 Å². The van der Waals surface area contributed by atoms with Gasteiger partial charge < -0.3 is 0 Å². The van der Waals surface area contributed by atoms with Crippen LogP contribution in [0.25, 0.3) is 0 Å². The SMILES string of the molecule is CN(I)C1CCCCCCCCCCCCC1. The average molecular weight is 351 g/mol. The van der Waals surface area contributed by atoms with Gasteiger partial charge in [0.1, 0.15) is 0 Å². The fraction of sp³-hybridized carbons (Fsp3) is 1.00. The molecule has 0 bridgehead atoms. The first kappa shape index (κ1) is 15.7. The molecule has 1 saturated carbocycles. The summed E-state index contributed by atoms with van der Waals surface area (Å²) in [6.45, 7) is 0. The van der Waals surface area contributed by atoms with Crippen molar-refractivity contribution in [1.29, 1.82) is 0 Å². The van der Waals surface area contributed by atoms with Crippen molar-refractivity contribution in [3.05, 3.63) is 0 Å². The molecule has 0 saturated heterocycles. The predicted octanol–water partition coefficient (Wildman–Crippen LogP) is 5.72. The molecule has 102 valence electrons. The van der Waals surface area contributed by atoms with Crippen molar-refractivity contribution >= 4 is 22.9 Å². The minimum Gasteiger partial charge on any atom is -0.248 e. The molecule has 0 N–H and O–H groups in total. The standard InChI is InChI=1S/C15H30IN/c1-17(16)15-13-11-9-7-5-3-2-4-6-8-10-12-14-15/h15H,2-14H2,1H3. The lowest BCUT2D eigenvalue weighted by Gasteiger charge is -2.22. The van der Waals surface area contributed by atoms with Crippen molar-refractivity contribution in [3.63, 3.8) is 0 Å². The molecule has 17 heavy (non-hydrogen) atoms. The van der Waals surface area contributed by atoms with E-state index in [0.29, 0.717) is 0 Å². The lowest BCUT2D eigenvalue weighted by Crippen LogP contribution is -2.22. The molecule has 1 nitrogen and oxygen atoms in total. The maximum atomic E-state index is 2.48. The van der Waals surface area contributed by atoms with E-state index in [1.807, 2.05) is 0 Å². The van der Waals surface area contributed by atoms with Gasteiger partial charge in [0, 0.05) is 28.9 Å². The molecular formula is C15H30IN. The second-order valence-corrected chi connectivity index (χ2v) is 7.17. The highest BCUT2D eigenvalue weighted by Gasteiger charge is 2.11. The maximum Gasteiger partial charge on any atom is 0.0201 e. The maximum absolute atomic E-state index is 2.48. The van der Waals surface area contributed by atoms with E-state index in [1.165, 1.54) is 83.5 Å². The lowest BCUT2D eigenvalue weighted by atomic mass is 9.98. The Morgan fingerprint density at radius 3 is 1.24 bits per heavy atom. The summed E-state index contributed by atoms with van der Waals surface area (Å²) in [7, 11) is 2.24. The summed E-state index contributed by atoms with van der Waals surface area (Å²) in [5, 5.41) is 0. The summed E-state index contributed by atoms with van der Waals surface area (Å²) in [5.74, 6) is 0. The van der Waals surface area contributed by atoms with Gasteiger partial charge in [0.2, 0.25) is 0 Å². The molecule has 0 spiro atoms. The van der Waals surface area contributed by atoms with Crippen molar-refractivity contribution in [2.45, 2.75) is 89.5 Å². The van der Waals surface area contributed by atoms with Gasteiger partial charge in [0.25, 0.3) is 0 Å². The van der Waals surface area contributed by atoms with E-state index in [9.17, 15) is 0 Å². The first-order valence-electron chi connectivity index (χ1n) is 7.69. The van der Waals surface area contributed by atoms with Gasteiger partial charge in [-0.1, -0.05) is 70.6 Å². The Hall–Kier alpha value is 0.690. The van der Waals surface area contributed by atoms with Gasteiger partial charge in [-0.2, -0.15) is 0 Å². The number of nitrogens with zero attached hydrogens (tertiary/aromatic N) is 1. The molecule has 0 unspecified atom stereocenters. The first-order valence-corrected chi connectivity index (χ1v) is 8.66. The van der Waals surface area contributed by atoms with Crippen molar-refractivity contribution in [2.75, 3.05) is 7.05 Å². The second kappa shape index (κ2) is 10.6. The van der Waals surface area contributed by atoms with E-state index < -0.39 is 0 Å². The molecule has 0 aromatic carbocycles. The minimum absolute atomic E-state index is 0.832. The van der Waals surface area contributed by atoms with Gasteiger partial charge in [-0.25, -0.2) is 3.11 Å². The van der Waals surface area contributed by atoms with Crippen LogP contribution in [0.15, 0.2) is 0 Å². The van der Waals surface area contributed by atoms with Crippen LogP contribution >= 0.6 is 22.9 Å². The van der Waals surface area contributed by atoms with Gasteiger partial charge in [-0.05, 0) is 19.9 Å². The number of hydrogen-bond donors (Lipinski definition) is 0. The average Bonchev–Trinajstić information content (AvgIpc) is 2.31. The second-order valence-electron chi connectivity index (χ2n) is 5.65. The Labute approximate surface area is 122 Å². The largest absolute Gasteiger partial charge is 0.248 e. The Bertz CT molecular complexity index is 156. The van der Waals surface area contributed by atoms with Crippen LogP contribution in [0.4, 0.5) is 0 Å². The van der Waals surface area contributed by atoms with E-state index in [-0.39, 0.29) is 0 Å². The third kappa shape index (κ3) is 8.41. The van der Waals surface area contributed by atoms with Crippen molar-refractivity contribution in [3.8, 4) is 0 Å². The highest BCUT2D eigenvalue weighted by Crippen LogP contribution is 2.21. The summed E-state index contributed by atoms with van der Waals surface area (Å²) in [5.41, 5.74) is 0. The van der Waals surface area contributed by atoms with Crippen LogP contribution in [0.2, 0.25) is 0 Å². The number of rotatable bonds is 1. The number of hydrogen-bond acceptors (Lipinski definition) is 1. The van der Waals surface area contributed by atoms with Gasteiger partial charge in [-0.3, -0.25) is 0 Å². The third-order valence-corrected chi connectivity index (χ3v) is 4.87. The van der Waals surface area contributed by atoms with Crippen LogP contribution in [-0.2, 0) is 0 Å². The summed E-state index contributed by atoms with van der Waals surface area (Å²) >= 11 is 2.48. The van der Waals surface area contributed by atoms with Gasteiger partial charge in [0.15, 0.2) is 0 Å². The number of halogens is 1. The molecule has 0 aliphatic heterocycles. The van der Waals surface area contributed by atoms with Crippen LogP contribution in [0.5, 0.6) is 0 Å².